The van der Waals surface area contributed by atoms with Gasteiger partial charge in [-0.2, -0.15) is 0 Å². The first kappa shape index (κ1) is 9.08. The van der Waals surface area contributed by atoms with Crippen molar-refractivity contribution >= 4 is 11.0 Å². The predicted octanol–water partition coefficient (Wildman–Crippen LogP) is 1.99. The van der Waals surface area contributed by atoms with Crippen molar-refractivity contribution in [1.82, 2.24) is 9.97 Å². The summed E-state index contributed by atoms with van der Waals surface area (Å²) in [6, 6.07) is 4.98. The number of H-pyrrole nitrogens is 1. The number of para-hydroxylation sites is 1. The Hall–Kier alpha value is -1.49. The molecule has 1 aromatic carbocycles. The second kappa shape index (κ2) is 3.34. The molecule has 0 radical (unpaired) electrons. The average Bonchev–Trinajstić information content (AvgIpc) is 2.60. The molecule has 1 aromatic heterocycles. The van der Waals surface area contributed by atoms with Crippen molar-refractivity contribution in [3.8, 4) is 0 Å². The molecule has 0 bridgehead atoms. The zero-order valence-electron chi connectivity index (χ0n) is 7.17. The first-order valence-electron chi connectivity index (χ1n) is 4.09. The molecule has 0 saturated carbocycles. The minimum Gasteiger partial charge on any atom is -0.392 e. The maximum atomic E-state index is 12.3. The molecule has 0 atom stereocenters. The third kappa shape index (κ3) is 1.35. The van der Waals surface area contributed by atoms with Gasteiger partial charge in [0.05, 0.1) is 17.6 Å². The number of halogens is 2. The van der Waals surface area contributed by atoms with Gasteiger partial charge in [0.1, 0.15) is 0 Å². The van der Waals surface area contributed by atoms with Gasteiger partial charge in [-0.25, -0.2) is 13.8 Å². The van der Waals surface area contributed by atoms with Crippen molar-refractivity contribution in [3.05, 3.63) is 29.6 Å². The molecule has 0 amide bonds. The van der Waals surface area contributed by atoms with Gasteiger partial charge in [0.25, 0.3) is 6.43 Å². The minimum absolute atomic E-state index is 0.204. The normalized spacial score (nSPS) is 11.4. The van der Waals surface area contributed by atoms with Crippen LogP contribution in [0.3, 0.4) is 0 Å². The van der Waals surface area contributed by atoms with Gasteiger partial charge < -0.3 is 10.1 Å². The van der Waals surface area contributed by atoms with Gasteiger partial charge in [-0.15, -0.1) is 0 Å². The number of aromatic amines is 1. The summed E-state index contributed by atoms with van der Waals surface area (Å²) in [5.41, 5.74) is 1.47. The average molecular weight is 198 g/mol. The van der Waals surface area contributed by atoms with Crippen LogP contribution in [-0.2, 0) is 6.61 Å². The van der Waals surface area contributed by atoms with E-state index in [4.69, 9.17) is 5.11 Å². The maximum absolute atomic E-state index is 12.3. The minimum atomic E-state index is -2.62. The van der Waals surface area contributed by atoms with Crippen molar-refractivity contribution in [1.29, 1.82) is 0 Å². The highest BCUT2D eigenvalue weighted by molar-refractivity contribution is 5.78. The summed E-state index contributed by atoms with van der Waals surface area (Å²) in [5, 5.41) is 8.94. The molecular weight excluding hydrogens is 190 g/mol. The number of fused-ring (bicyclic) bond motifs is 1. The SMILES string of the molecule is OCc1cccc2[nH]c(C(F)F)nc12. The Morgan fingerprint density at radius 2 is 2.21 bits per heavy atom. The Balaban J connectivity index is 2.64. The van der Waals surface area contributed by atoms with Gasteiger partial charge in [0.15, 0.2) is 5.82 Å². The van der Waals surface area contributed by atoms with E-state index in [1.54, 1.807) is 18.2 Å². The van der Waals surface area contributed by atoms with Crippen LogP contribution in [0.2, 0.25) is 0 Å². The lowest BCUT2D eigenvalue weighted by atomic mass is 10.2. The highest BCUT2D eigenvalue weighted by atomic mass is 19.3. The lowest BCUT2D eigenvalue weighted by molar-refractivity contribution is 0.142. The van der Waals surface area contributed by atoms with Gasteiger partial charge >= 0.3 is 0 Å². The molecule has 1 heterocycles. The second-order valence-electron chi connectivity index (χ2n) is 2.89. The number of hydrogen-bond acceptors (Lipinski definition) is 2. The molecule has 0 spiro atoms. The molecule has 0 fully saturated rings. The van der Waals surface area contributed by atoms with E-state index in [9.17, 15) is 8.78 Å². The Morgan fingerprint density at radius 3 is 2.86 bits per heavy atom. The van der Waals surface area contributed by atoms with E-state index in [0.29, 0.717) is 16.6 Å². The van der Waals surface area contributed by atoms with Crippen LogP contribution in [0.25, 0.3) is 11.0 Å². The van der Waals surface area contributed by atoms with Crippen LogP contribution in [0.1, 0.15) is 17.8 Å². The summed E-state index contributed by atoms with van der Waals surface area (Å²) < 4.78 is 24.6. The molecule has 0 saturated heterocycles. The van der Waals surface area contributed by atoms with E-state index in [1.807, 2.05) is 0 Å². The highest BCUT2D eigenvalue weighted by Gasteiger charge is 2.13. The van der Waals surface area contributed by atoms with Crippen LogP contribution in [-0.4, -0.2) is 15.1 Å². The van der Waals surface area contributed by atoms with E-state index >= 15 is 0 Å². The van der Waals surface area contributed by atoms with E-state index in [-0.39, 0.29) is 12.4 Å². The lowest BCUT2D eigenvalue weighted by Crippen LogP contribution is -1.86. The van der Waals surface area contributed by atoms with Gasteiger partial charge in [-0.1, -0.05) is 12.1 Å². The largest absolute Gasteiger partial charge is 0.392 e. The molecule has 3 nitrogen and oxygen atoms in total. The molecule has 0 aliphatic rings. The summed E-state index contributed by atoms with van der Waals surface area (Å²) in [7, 11) is 0. The molecule has 2 rings (SSSR count). The zero-order valence-corrected chi connectivity index (χ0v) is 7.17. The number of benzene rings is 1. The molecule has 0 aliphatic heterocycles. The van der Waals surface area contributed by atoms with Gasteiger partial charge in [0.2, 0.25) is 0 Å². The number of hydrogen-bond donors (Lipinski definition) is 2. The van der Waals surface area contributed by atoms with Crippen molar-refractivity contribution in [2.75, 3.05) is 0 Å². The molecule has 2 N–H and O–H groups in total. The van der Waals surface area contributed by atoms with Crippen LogP contribution < -0.4 is 0 Å². The first-order chi connectivity index (χ1) is 6.72. The summed E-state index contributed by atoms with van der Waals surface area (Å²) in [4.78, 5) is 6.21. The quantitative estimate of drug-likeness (QED) is 0.775. The monoisotopic (exact) mass is 198 g/mol. The Bertz CT molecular complexity index is 453. The summed E-state index contributed by atoms with van der Waals surface area (Å²) in [6.45, 7) is -0.204. The number of rotatable bonds is 2. The fourth-order valence-electron chi connectivity index (χ4n) is 1.34. The summed E-state index contributed by atoms with van der Waals surface area (Å²) >= 11 is 0. The van der Waals surface area contributed by atoms with E-state index < -0.39 is 6.43 Å². The van der Waals surface area contributed by atoms with E-state index in [1.165, 1.54) is 0 Å². The van der Waals surface area contributed by atoms with Crippen LogP contribution in [0.5, 0.6) is 0 Å². The topological polar surface area (TPSA) is 48.9 Å². The van der Waals surface area contributed by atoms with Crippen molar-refractivity contribution < 1.29 is 13.9 Å². The second-order valence-corrected chi connectivity index (χ2v) is 2.89. The maximum Gasteiger partial charge on any atom is 0.295 e. The molecular formula is C9H8F2N2O. The van der Waals surface area contributed by atoms with Gasteiger partial charge in [0, 0.05) is 5.56 Å². The predicted molar refractivity (Wildman–Crippen MR) is 47.0 cm³/mol. The van der Waals surface area contributed by atoms with Crippen LogP contribution in [0.15, 0.2) is 18.2 Å². The molecule has 74 valence electrons. The smallest absolute Gasteiger partial charge is 0.295 e. The zero-order chi connectivity index (χ0) is 10.1. The molecule has 2 aromatic rings. The molecule has 14 heavy (non-hydrogen) atoms. The number of nitrogens with zero attached hydrogens (tertiary/aromatic N) is 1. The van der Waals surface area contributed by atoms with Crippen molar-refractivity contribution in [3.63, 3.8) is 0 Å². The number of imidazole rings is 1. The number of alkyl halides is 2. The fraction of sp³-hybridized carbons (Fsp3) is 0.222. The fourth-order valence-corrected chi connectivity index (χ4v) is 1.34. The number of aromatic nitrogens is 2. The first-order valence-corrected chi connectivity index (χ1v) is 4.09. The third-order valence-corrected chi connectivity index (χ3v) is 1.99. The van der Waals surface area contributed by atoms with Gasteiger partial charge in [-0.05, 0) is 6.07 Å². The lowest BCUT2D eigenvalue weighted by Gasteiger charge is -1.94. The van der Waals surface area contributed by atoms with E-state index in [2.05, 4.69) is 9.97 Å². The van der Waals surface area contributed by atoms with E-state index in [0.717, 1.165) is 0 Å². The highest BCUT2D eigenvalue weighted by Crippen LogP contribution is 2.21. The number of aliphatic hydroxyl groups excluding tert-OH is 1. The number of aliphatic hydroxyl groups is 1. The van der Waals surface area contributed by atoms with Crippen molar-refractivity contribution in [2.24, 2.45) is 0 Å². The van der Waals surface area contributed by atoms with Crippen LogP contribution in [0.4, 0.5) is 8.78 Å². The Labute approximate surface area is 78.4 Å². The van der Waals surface area contributed by atoms with Crippen LogP contribution in [0, 0.1) is 0 Å². The molecule has 5 heteroatoms. The Morgan fingerprint density at radius 1 is 1.43 bits per heavy atom. The third-order valence-electron chi connectivity index (χ3n) is 1.99. The molecule has 0 aliphatic carbocycles. The van der Waals surface area contributed by atoms with Gasteiger partial charge in [-0.3, -0.25) is 0 Å². The molecule has 0 unspecified atom stereocenters. The Kier molecular flexibility index (Phi) is 2.17. The standard InChI is InChI=1S/C9H8F2N2O/c10-8(11)9-12-6-3-1-2-5(4-14)7(6)13-9/h1-3,8,14H,4H2,(H,12,13). The summed E-state index contributed by atoms with van der Waals surface area (Å²) in [5.74, 6) is -0.360. The van der Waals surface area contributed by atoms with Crippen LogP contribution >= 0.6 is 0 Å². The summed E-state index contributed by atoms with van der Waals surface area (Å²) in [6.07, 6.45) is -2.62. The number of nitrogens with one attached hydrogen (secondary N) is 1. The van der Waals surface area contributed by atoms with Crippen molar-refractivity contribution in [2.45, 2.75) is 13.0 Å².